The molecule has 1 fully saturated rings. The Kier molecular flexibility index (Phi) is 4.11. The van der Waals surface area contributed by atoms with Gasteiger partial charge in [0.15, 0.2) is 0 Å². The van der Waals surface area contributed by atoms with E-state index < -0.39 is 0 Å². The fourth-order valence-corrected chi connectivity index (χ4v) is 2.88. The molecule has 1 aliphatic carbocycles. The van der Waals surface area contributed by atoms with Crippen molar-refractivity contribution >= 4 is 33.2 Å². The van der Waals surface area contributed by atoms with Gasteiger partial charge < -0.3 is 10.4 Å². The fraction of sp³-hybridized carbons (Fsp3) is 0.500. The van der Waals surface area contributed by atoms with Crippen LogP contribution in [-0.2, 0) is 0 Å². The van der Waals surface area contributed by atoms with Gasteiger partial charge >= 0.3 is 0 Å². The minimum atomic E-state index is -0.240. The lowest BCUT2D eigenvalue weighted by Gasteiger charge is -2.29. The Morgan fingerprint density at radius 3 is 2.75 bits per heavy atom. The molecule has 0 spiro atoms. The summed E-state index contributed by atoms with van der Waals surface area (Å²) in [6.45, 7) is 0. The Bertz CT molecular complexity index is 372. The van der Waals surface area contributed by atoms with Gasteiger partial charge in [-0.3, -0.25) is 0 Å². The number of rotatable bonds is 2. The van der Waals surface area contributed by atoms with Crippen molar-refractivity contribution in [2.75, 3.05) is 5.32 Å². The minimum absolute atomic E-state index is 0.159. The quantitative estimate of drug-likeness (QED) is 0.870. The highest BCUT2D eigenvalue weighted by Gasteiger charge is 2.23. The summed E-state index contributed by atoms with van der Waals surface area (Å²) >= 11 is 9.35. The summed E-state index contributed by atoms with van der Waals surface area (Å²) < 4.78 is 0.942. The molecule has 1 aliphatic rings. The van der Waals surface area contributed by atoms with E-state index in [0.29, 0.717) is 5.02 Å². The molecule has 1 aromatic rings. The molecule has 0 amide bonds. The maximum absolute atomic E-state index is 9.87. The van der Waals surface area contributed by atoms with E-state index in [-0.39, 0.29) is 12.1 Å². The molecule has 0 aliphatic heterocycles. The van der Waals surface area contributed by atoms with Gasteiger partial charge in [-0.2, -0.15) is 0 Å². The normalized spacial score (nSPS) is 25.4. The molecule has 2 N–H and O–H groups in total. The molecule has 4 heteroatoms. The summed E-state index contributed by atoms with van der Waals surface area (Å²) in [5, 5.41) is 14.0. The van der Waals surface area contributed by atoms with Crippen molar-refractivity contribution in [3.8, 4) is 0 Å². The number of benzene rings is 1. The minimum Gasteiger partial charge on any atom is -0.391 e. The highest BCUT2D eigenvalue weighted by Crippen LogP contribution is 2.29. The number of nitrogens with one attached hydrogen (secondary N) is 1. The number of hydrogen-bond acceptors (Lipinski definition) is 2. The Morgan fingerprint density at radius 1 is 1.31 bits per heavy atom. The van der Waals surface area contributed by atoms with Crippen LogP contribution in [0.15, 0.2) is 22.7 Å². The molecule has 2 nitrogen and oxygen atoms in total. The number of aliphatic hydroxyl groups excluding tert-OH is 1. The number of aliphatic hydroxyl groups is 1. The lowest BCUT2D eigenvalue weighted by atomic mass is 9.92. The summed E-state index contributed by atoms with van der Waals surface area (Å²) in [5.74, 6) is 0. The molecule has 1 aromatic carbocycles. The van der Waals surface area contributed by atoms with Crippen molar-refractivity contribution in [2.24, 2.45) is 0 Å². The van der Waals surface area contributed by atoms with E-state index in [4.69, 9.17) is 11.6 Å². The van der Waals surface area contributed by atoms with E-state index in [9.17, 15) is 5.11 Å². The van der Waals surface area contributed by atoms with E-state index in [1.54, 1.807) is 0 Å². The highest BCUT2D eigenvalue weighted by atomic mass is 79.9. The van der Waals surface area contributed by atoms with Crippen LogP contribution >= 0.6 is 27.5 Å². The molecule has 0 aromatic heterocycles. The van der Waals surface area contributed by atoms with Crippen LogP contribution < -0.4 is 5.32 Å². The van der Waals surface area contributed by atoms with E-state index >= 15 is 0 Å². The van der Waals surface area contributed by atoms with E-state index in [1.807, 2.05) is 18.2 Å². The van der Waals surface area contributed by atoms with E-state index in [1.165, 1.54) is 6.42 Å². The van der Waals surface area contributed by atoms with Gasteiger partial charge in [0.25, 0.3) is 0 Å². The van der Waals surface area contributed by atoms with Crippen LogP contribution in [0.5, 0.6) is 0 Å². The zero-order valence-corrected chi connectivity index (χ0v) is 11.3. The second kappa shape index (κ2) is 5.39. The monoisotopic (exact) mass is 303 g/mol. The van der Waals surface area contributed by atoms with Crippen molar-refractivity contribution in [1.29, 1.82) is 0 Å². The first-order valence-electron chi connectivity index (χ1n) is 5.56. The predicted octanol–water partition coefficient (Wildman–Crippen LogP) is 3.82. The number of hydrogen-bond donors (Lipinski definition) is 2. The van der Waals surface area contributed by atoms with Crippen molar-refractivity contribution in [3.05, 3.63) is 27.7 Å². The topological polar surface area (TPSA) is 32.3 Å². The first kappa shape index (κ1) is 12.2. The largest absolute Gasteiger partial charge is 0.391 e. The summed E-state index contributed by atoms with van der Waals surface area (Å²) in [6.07, 6.45) is 3.98. The van der Waals surface area contributed by atoms with Crippen LogP contribution in [0.25, 0.3) is 0 Å². The van der Waals surface area contributed by atoms with Gasteiger partial charge in [0, 0.05) is 15.2 Å². The van der Waals surface area contributed by atoms with Gasteiger partial charge in [0.05, 0.1) is 12.1 Å². The first-order chi connectivity index (χ1) is 7.66. The van der Waals surface area contributed by atoms with Gasteiger partial charge in [-0.1, -0.05) is 24.4 Å². The molecular formula is C12H15BrClNO. The molecule has 1 saturated carbocycles. The molecule has 0 bridgehead atoms. The van der Waals surface area contributed by atoms with Crippen LogP contribution in [0.1, 0.15) is 25.7 Å². The van der Waals surface area contributed by atoms with Crippen LogP contribution in [-0.4, -0.2) is 17.3 Å². The van der Waals surface area contributed by atoms with Gasteiger partial charge in [-0.05, 0) is 47.0 Å². The van der Waals surface area contributed by atoms with Crippen molar-refractivity contribution in [3.63, 3.8) is 0 Å². The van der Waals surface area contributed by atoms with Crippen LogP contribution in [0.2, 0.25) is 5.02 Å². The van der Waals surface area contributed by atoms with Crippen molar-refractivity contribution in [2.45, 2.75) is 37.8 Å². The van der Waals surface area contributed by atoms with Gasteiger partial charge in [-0.15, -0.1) is 0 Å². The zero-order valence-electron chi connectivity index (χ0n) is 8.92. The summed E-state index contributed by atoms with van der Waals surface area (Å²) in [4.78, 5) is 0. The third kappa shape index (κ3) is 2.90. The standard InChI is InChI=1S/C12H15BrClNO/c13-9-7-8(14)5-6-10(9)15-11-3-1-2-4-12(11)16/h5-7,11-12,15-16H,1-4H2/t11-,12-/m0/s1. The maximum atomic E-state index is 9.87. The third-order valence-electron chi connectivity index (χ3n) is 3.00. The number of halogens is 2. The Balaban J connectivity index is 2.07. The van der Waals surface area contributed by atoms with Crippen LogP contribution in [0.3, 0.4) is 0 Å². The molecule has 2 atom stereocenters. The molecule has 2 rings (SSSR count). The van der Waals surface area contributed by atoms with Gasteiger partial charge in [0.1, 0.15) is 0 Å². The Morgan fingerprint density at radius 2 is 2.06 bits per heavy atom. The Hall–Kier alpha value is -0.250. The molecule has 0 heterocycles. The molecular weight excluding hydrogens is 289 g/mol. The molecule has 88 valence electrons. The second-order valence-electron chi connectivity index (χ2n) is 4.23. The third-order valence-corrected chi connectivity index (χ3v) is 3.89. The average molecular weight is 305 g/mol. The molecule has 0 unspecified atom stereocenters. The van der Waals surface area contributed by atoms with Crippen LogP contribution in [0, 0.1) is 0 Å². The van der Waals surface area contributed by atoms with Gasteiger partial charge in [0.2, 0.25) is 0 Å². The number of anilines is 1. The average Bonchev–Trinajstić information content (AvgIpc) is 2.25. The summed E-state index contributed by atoms with van der Waals surface area (Å²) in [5.41, 5.74) is 0.996. The molecule has 0 saturated heterocycles. The smallest absolute Gasteiger partial charge is 0.0741 e. The Labute approximate surface area is 109 Å². The predicted molar refractivity (Wildman–Crippen MR) is 71.0 cm³/mol. The summed E-state index contributed by atoms with van der Waals surface area (Å²) in [7, 11) is 0. The van der Waals surface area contributed by atoms with E-state index in [0.717, 1.165) is 29.4 Å². The maximum Gasteiger partial charge on any atom is 0.0741 e. The first-order valence-corrected chi connectivity index (χ1v) is 6.73. The second-order valence-corrected chi connectivity index (χ2v) is 5.52. The van der Waals surface area contributed by atoms with E-state index in [2.05, 4.69) is 21.2 Å². The SMILES string of the molecule is O[C@H]1CCCC[C@@H]1Nc1ccc(Cl)cc1Br. The molecule has 0 radical (unpaired) electrons. The zero-order chi connectivity index (χ0) is 11.5. The summed E-state index contributed by atoms with van der Waals surface area (Å²) in [6, 6.07) is 5.81. The molecule has 16 heavy (non-hydrogen) atoms. The van der Waals surface area contributed by atoms with Crippen LogP contribution in [0.4, 0.5) is 5.69 Å². The van der Waals surface area contributed by atoms with Crippen molar-refractivity contribution in [1.82, 2.24) is 0 Å². The van der Waals surface area contributed by atoms with Crippen molar-refractivity contribution < 1.29 is 5.11 Å². The highest BCUT2D eigenvalue weighted by molar-refractivity contribution is 9.10. The fourth-order valence-electron chi connectivity index (χ4n) is 2.09. The van der Waals surface area contributed by atoms with Gasteiger partial charge in [-0.25, -0.2) is 0 Å². The lowest BCUT2D eigenvalue weighted by molar-refractivity contribution is 0.116. The lowest BCUT2D eigenvalue weighted by Crippen LogP contribution is -2.36.